The number of nitrogens with zero attached hydrogens (tertiary/aromatic N) is 1. The van der Waals surface area contributed by atoms with Crippen molar-refractivity contribution in [2.45, 2.75) is 44.6 Å². The molecule has 2 N–H and O–H groups in total. The molecule has 0 spiro atoms. The number of nitrogens with one attached hydrogen (secondary N) is 2. The van der Waals surface area contributed by atoms with Crippen molar-refractivity contribution in [3.8, 4) is 0 Å². The summed E-state index contributed by atoms with van der Waals surface area (Å²) >= 11 is 0. The molecule has 0 radical (unpaired) electrons. The van der Waals surface area contributed by atoms with E-state index in [1.165, 1.54) is 25.7 Å². The van der Waals surface area contributed by atoms with Crippen LogP contribution < -0.4 is 15.5 Å². The average Bonchev–Trinajstić information content (AvgIpc) is 2.79. The maximum atomic E-state index is 12.3. The predicted octanol–water partition coefficient (Wildman–Crippen LogP) is 2.17. The van der Waals surface area contributed by atoms with Crippen LogP contribution in [0, 0.1) is 0 Å². The maximum Gasteiger partial charge on any atom is 0.239 e. The second kappa shape index (κ2) is 7.86. The first-order valence-electron chi connectivity index (χ1n) is 9.46. The van der Waals surface area contributed by atoms with E-state index >= 15 is 0 Å². The summed E-state index contributed by atoms with van der Waals surface area (Å²) in [6.45, 7) is 4.03. The van der Waals surface area contributed by atoms with Crippen LogP contribution in [0.1, 0.15) is 39.0 Å². The first-order valence-corrected chi connectivity index (χ1v) is 11.3. The zero-order chi connectivity index (χ0) is 18.6. The zero-order valence-electron chi connectivity index (χ0n) is 15.5. The number of carbonyl (C=O) groups is 1. The van der Waals surface area contributed by atoms with Crippen LogP contribution in [0.5, 0.6) is 0 Å². The molecule has 1 aromatic carbocycles. The van der Waals surface area contributed by atoms with Crippen LogP contribution in [-0.4, -0.2) is 51.0 Å². The van der Waals surface area contributed by atoms with Crippen LogP contribution in [0.25, 0.3) is 0 Å². The predicted molar refractivity (Wildman–Crippen MR) is 105 cm³/mol. The largest absolute Gasteiger partial charge is 0.374 e. The Bertz CT molecular complexity index is 742. The van der Waals surface area contributed by atoms with Crippen molar-refractivity contribution in [1.82, 2.24) is 5.32 Å². The number of benzene rings is 1. The summed E-state index contributed by atoms with van der Waals surface area (Å²) in [7, 11) is -3.03. The molecule has 0 aromatic heterocycles. The molecular weight excluding hydrogens is 350 g/mol. The van der Waals surface area contributed by atoms with Gasteiger partial charge in [0.05, 0.1) is 35.0 Å². The standard InChI is InChI=1S/C19H29N3O3S/c1-19(10-13-26(24,25)15-19)21-18(23)14-20-16-8-4-5-9-17(16)22-11-6-2-3-7-12-22/h4-5,8-9,20H,2-3,6-7,10-15H2,1H3,(H,21,23). The minimum absolute atomic E-state index is 0.0239. The number of carbonyl (C=O) groups excluding carboxylic acids is 1. The van der Waals surface area contributed by atoms with Gasteiger partial charge in [-0.25, -0.2) is 8.42 Å². The smallest absolute Gasteiger partial charge is 0.239 e. The van der Waals surface area contributed by atoms with Gasteiger partial charge in [-0.3, -0.25) is 4.79 Å². The highest BCUT2D eigenvalue weighted by Crippen LogP contribution is 2.28. The molecule has 2 aliphatic rings. The fourth-order valence-corrected chi connectivity index (χ4v) is 5.97. The van der Waals surface area contributed by atoms with E-state index < -0.39 is 15.4 Å². The minimum Gasteiger partial charge on any atom is -0.374 e. The third kappa shape index (κ3) is 4.90. The monoisotopic (exact) mass is 379 g/mol. The molecule has 7 heteroatoms. The van der Waals surface area contributed by atoms with E-state index in [0.29, 0.717) is 6.42 Å². The molecule has 1 atom stereocenters. The zero-order valence-corrected chi connectivity index (χ0v) is 16.3. The van der Waals surface area contributed by atoms with E-state index in [-0.39, 0.29) is 24.0 Å². The van der Waals surface area contributed by atoms with Crippen LogP contribution >= 0.6 is 0 Å². The fraction of sp³-hybridized carbons (Fsp3) is 0.632. The molecule has 26 heavy (non-hydrogen) atoms. The lowest BCUT2D eigenvalue weighted by Gasteiger charge is -2.27. The van der Waals surface area contributed by atoms with Crippen molar-refractivity contribution < 1.29 is 13.2 Å². The summed E-state index contributed by atoms with van der Waals surface area (Å²) < 4.78 is 23.4. The molecule has 2 fully saturated rings. The fourth-order valence-electron chi connectivity index (χ4n) is 3.88. The van der Waals surface area contributed by atoms with E-state index in [2.05, 4.69) is 21.6 Å². The number of hydrogen-bond acceptors (Lipinski definition) is 5. The SMILES string of the molecule is CC1(NC(=O)CNc2ccccc2N2CCCCCC2)CCS(=O)(=O)C1. The van der Waals surface area contributed by atoms with Gasteiger partial charge in [0.25, 0.3) is 0 Å². The highest BCUT2D eigenvalue weighted by molar-refractivity contribution is 7.91. The van der Waals surface area contributed by atoms with Gasteiger partial charge in [-0.15, -0.1) is 0 Å². The van der Waals surface area contributed by atoms with Crippen LogP contribution in [0.3, 0.4) is 0 Å². The average molecular weight is 380 g/mol. The van der Waals surface area contributed by atoms with Gasteiger partial charge in [0, 0.05) is 13.1 Å². The van der Waals surface area contributed by atoms with Crippen LogP contribution in [0.15, 0.2) is 24.3 Å². The summed E-state index contributed by atoms with van der Waals surface area (Å²) in [5.74, 6) is 0.000686. The van der Waals surface area contributed by atoms with Gasteiger partial charge < -0.3 is 15.5 Å². The van der Waals surface area contributed by atoms with Crippen LogP contribution in [-0.2, 0) is 14.6 Å². The van der Waals surface area contributed by atoms with E-state index in [4.69, 9.17) is 0 Å². The molecule has 1 aromatic rings. The lowest BCUT2D eigenvalue weighted by atomic mass is 10.0. The molecule has 2 aliphatic heterocycles. The third-order valence-corrected chi connectivity index (χ3v) is 7.14. The van der Waals surface area contributed by atoms with Crippen molar-refractivity contribution >= 4 is 27.1 Å². The molecule has 6 nitrogen and oxygen atoms in total. The Morgan fingerprint density at radius 1 is 1.15 bits per heavy atom. The first kappa shape index (κ1) is 19.0. The highest BCUT2D eigenvalue weighted by atomic mass is 32.2. The van der Waals surface area contributed by atoms with Crippen LogP contribution in [0.4, 0.5) is 11.4 Å². The van der Waals surface area contributed by atoms with E-state index in [9.17, 15) is 13.2 Å². The minimum atomic E-state index is -3.03. The normalized spacial score (nSPS) is 25.5. The maximum absolute atomic E-state index is 12.3. The molecule has 1 unspecified atom stereocenters. The molecule has 2 heterocycles. The van der Waals surface area contributed by atoms with E-state index in [1.807, 2.05) is 18.2 Å². The summed E-state index contributed by atoms with van der Waals surface area (Å²) in [5.41, 5.74) is 1.44. The Kier molecular flexibility index (Phi) is 5.75. The van der Waals surface area contributed by atoms with Gasteiger partial charge in [-0.2, -0.15) is 0 Å². The first-order chi connectivity index (χ1) is 12.4. The van der Waals surface area contributed by atoms with Crippen molar-refractivity contribution in [1.29, 1.82) is 0 Å². The summed E-state index contributed by atoms with van der Waals surface area (Å²) in [6.07, 6.45) is 5.42. The van der Waals surface area contributed by atoms with Gasteiger partial charge in [0.1, 0.15) is 0 Å². The molecule has 3 rings (SSSR count). The molecule has 0 saturated carbocycles. The Morgan fingerprint density at radius 3 is 2.50 bits per heavy atom. The van der Waals surface area contributed by atoms with Gasteiger partial charge in [-0.1, -0.05) is 25.0 Å². The number of rotatable bonds is 5. The van der Waals surface area contributed by atoms with Gasteiger partial charge in [0.15, 0.2) is 9.84 Å². The van der Waals surface area contributed by atoms with Crippen LogP contribution in [0.2, 0.25) is 0 Å². The molecule has 144 valence electrons. The van der Waals surface area contributed by atoms with Crippen molar-refractivity contribution in [3.63, 3.8) is 0 Å². The molecule has 0 bridgehead atoms. The number of hydrogen-bond donors (Lipinski definition) is 2. The number of amides is 1. The van der Waals surface area contributed by atoms with Gasteiger partial charge in [-0.05, 0) is 38.3 Å². The van der Waals surface area contributed by atoms with Crippen molar-refractivity contribution in [2.75, 3.05) is 41.4 Å². The summed E-state index contributed by atoms with van der Waals surface area (Å²) in [6, 6.07) is 8.08. The van der Waals surface area contributed by atoms with Gasteiger partial charge >= 0.3 is 0 Å². The highest BCUT2D eigenvalue weighted by Gasteiger charge is 2.39. The third-order valence-electron chi connectivity index (χ3n) is 5.23. The summed E-state index contributed by atoms with van der Waals surface area (Å²) in [5, 5.41) is 6.14. The lowest BCUT2D eigenvalue weighted by molar-refractivity contribution is -0.120. The number of anilines is 2. The van der Waals surface area contributed by atoms with Crippen molar-refractivity contribution in [2.24, 2.45) is 0 Å². The molecule has 1 amide bonds. The Balaban J connectivity index is 1.60. The summed E-state index contributed by atoms with van der Waals surface area (Å²) in [4.78, 5) is 14.7. The molecule has 2 saturated heterocycles. The lowest BCUT2D eigenvalue weighted by Crippen LogP contribution is -2.48. The Morgan fingerprint density at radius 2 is 1.85 bits per heavy atom. The number of sulfone groups is 1. The topological polar surface area (TPSA) is 78.5 Å². The molecule has 0 aliphatic carbocycles. The Labute approximate surface area is 156 Å². The second-order valence-corrected chi connectivity index (χ2v) is 9.91. The van der Waals surface area contributed by atoms with Crippen molar-refractivity contribution in [3.05, 3.63) is 24.3 Å². The van der Waals surface area contributed by atoms with E-state index in [1.54, 1.807) is 6.92 Å². The van der Waals surface area contributed by atoms with Gasteiger partial charge in [0.2, 0.25) is 5.91 Å². The van der Waals surface area contributed by atoms with E-state index in [0.717, 1.165) is 24.5 Å². The second-order valence-electron chi connectivity index (χ2n) is 7.72. The Hall–Kier alpha value is -1.76. The quantitative estimate of drug-likeness (QED) is 0.820. The molecular formula is C19H29N3O3S. The number of para-hydroxylation sites is 2.